The third kappa shape index (κ3) is 7.91. The average Bonchev–Trinajstić information content (AvgIpc) is 3.51. The lowest BCUT2D eigenvalue weighted by Gasteiger charge is -2.38. The Bertz CT molecular complexity index is 1630. The average molecular weight is 664 g/mol. The van der Waals surface area contributed by atoms with E-state index in [1.807, 2.05) is 66.4 Å². The van der Waals surface area contributed by atoms with Gasteiger partial charge in [0.25, 0.3) is 0 Å². The fourth-order valence-electron chi connectivity index (χ4n) is 5.62. The standard InChI is InChI=1S/C30H35N3O5S.C2HF3O2/c1-22-8-7-11-25(18-22)39(35,36)33-20-26(23-9-5-4-6-10-23)27(21-33)30(34)32-16-14-31(15-17-32)28-19-24(37-2)12-13-29(28)38-3;3-2(4,5)1(6)7/h4-13,18-19,26-27H,14-17,20-21H2,1-3H3;(H,6,7)/t26-,27+;/m0./s1. The number of aliphatic carboxylic acids is 1. The van der Waals surface area contributed by atoms with Crippen molar-refractivity contribution >= 4 is 27.6 Å². The van der Waals surface area contributed by atoms with Crippen LogP contribution in [0.4, 0.5) is 18.9 Å². The Labute approximate surface area is 266 Å². The van der Waals surface area contributed by atoms with Crippen LogP contribution in [0.15, 0.2) is 77.7 Å². The highest BCUT2D eigenvalue weighted by molar-refractivity contribution is 7.89. The van der Waals surface area contributed by atoms with Gasteiger partial charge in [0, 0.05) is 51.3 Å². The molecule has 3 aromatic rings. The van der Waals surface area contributed by atoms with Crippen molar-refractivity contribution in [3.8, 4) is 11.5 Å². The number of carbonyl (C=O) groups is 2. The maximum absolute atomic E-state index is 14.0. The molecule has 2 atom stereocenters. The monoisotopic (exact) mass is 663 g/mol. The molecule has 2 aliphatic heterocycles. The van der Waals surface area contributed by atoms with Crippen molar-refractivity contribution in [3.63, 3.8) is 0 Å². The Morgan fingerprint density at radius 1 is 0.870 bits per heavy atom. The van der Waals surface area contributed by atoms with E-state index >= 15 is 0 Å². The summed E-state index contributed by atoms with van der Waals surface area (Å²) in [6.45, 7) is 4.69. The smallest absolute Gasteiger partial charge is 0.490 e. The molecule has 0 bridgehead atoms. The molecule has 248 valence electrons. The first-order valence-electron chi connectivity index (χ1n) is 14.4. The molecule has 2 fully saturated rings. The first kappa shape index (κ1) is 34.6. The van der Waals surface area contributed by atoms with Crippen LogP contribution in [0, 0.1) is 12.8 Å². The summed E-state index contributed by atoms with van der Waals surface area (Å²) in [6, 6.07) is 22.4. The summed E-state index contributed by atoms with van der Waals surface area (Å²) in [7, 11) is -0.451. The molecule has 1 amide bonds. The van der Waals surface area contributed by atoms with Gasteiger partial charge in [-0.15, -0.1) is 0 Å². The van der Waals surface area contributed by atoms with Crippen molar-refractivity contribution in [1.29, 1.82) is 0 Å². The normalized spacial score (nSPS) is 18.8. The number of alkyl halides is 3. The summed E-state index contributed by atoms with van der Waals surface area (Å²) in [5, 5.41) is 7.12. The van der Waals surface area contributed by atoms with Crippen LogP contribution in [0.3, 0.4) is 0 Å². The molecule has 0 aliphatic carbocycles. The molecule has 14 heteroatoms. The van der Waals surface area contributed by atoms with Gasteiger partial charge < -0.3 is 24.4 Å². The van der Waals surface area contributed by atoms with E-state index in [9.17, 15) is 26.4 Å². The lowest BCUT2D eigenvalue weighted by atomic mass is 9.88. The first-order valence-corrected chi connectivity index (χ1v) is 15.9. The number of carboxylic acids is 1. The number of anilines is 1. The predicted molar refractivity (Wildman–Crippen MR) is 165 cm³/mol. The first-order chi connectivity index (χ1) is 21.8. The molecule has 10 nitrogen and oxygen atoms in total. The quantitative estimate of drug-likeness (QED) is 0.396. The van der Waals surface area contributed by atoms with Crippen LogP contribution in [0.1, 0.15) is 17.0 Å². The number of nitrogens with zero attached hydrogens (tertiary/aromatic N) is 3. The van der Waals surface area contributed by atoms with E-state index in [2.05, 4.69) is 4.90 Å². The zero-order valence-corrected chi connectivity index (χ0v) is 26.4. The van der Waals surface area contributed by atoms with E-state index < -0.39 is 28.1 Å². The highest BCUT2D eigenvalue weighted by atomic mass is 32.2. The van der Waals surface area contributed by atoms with Crippen LogP contribution in [-0.2, 0) is 19.6 Å². The topological polar surface area (TPSA) is 117 Å². The number of methoxy groups -OCH3 is 2. The number of halogens is 3. The number of amides is 1. The summed E-state index contributed by atoms with van der Waals surface area (Å²) in [4.78, 5) is 27.2. The summed E-state index contributed by atoms with van der Waals surface area (Å²) in [6.07, 6.45) is -5.08. The maximum Gasteiger partial charge on any atom is 0.490 e. The fraction of sp³-hybridized carbons (Fsp3) is 0.375. The number of rotatable bonds is 7. The van der Waals surface area contributed by atoms with E-state index in [1.165, 1.54) is 4.31 Å². The van der Waals surface area contributed by atoms with Crippen molar-refractivity contribution in [2.24, 2.45) is 5.92 Å². The molecular formula is C32H36F3N3O7S. The number of carboxylic acid groups (broad SMARTS) is 1. The third-order valence-electron chi connectivity index (χ3n) is 8.02. The Balaban J connectivity index is 0.000000617. The minimum absolute atomic E-state index is 0.00283. The summed E-state index contributed by atoms with van der Waals surface area (Å²) < 4.78 is 71.4. The Morgan fingerprint density at radius 3 is 2.09 bits per heavy atom. The van der Waals surface area contributed by atoms with E-state index in [0.29, 0.717) is 26.2 Å². The number of hydrogen-bond donors (Lipinski definition) is 1. The maximum atomic E-state index is 14.0. The van der Waals surface area contributed by atoms with Crippen molar-refractivity contribution in [2.45, 2.75) is 23.9 Å². The fourth-order valence-corrected chi connectivity index (χ4v) is 7.22. The van der Waals surface area contributed by atoms with Crippen LogP contribution in [-0.4, -0.2) is 94.3 Å². The van der Waals surface area contributed by atoms with Gasteiger partial charge in [0.05, 0.1) is 30.7 Å². The van der Waals surface area contributed by atoms with Gasteiger partial charge in [-0.2, -0.15) is 17.5 Å². The molecule has 2 heterocycles. The third-order valence-corrected chi connectivity index (χ3v) is 9.85. The highest BCUT2D eigenvalue weighted by Crippen LogP contribution is 2.38. The minimum Gasteiger partial charge on any atom is -0.497 e. The Hall–Kier alpha value is -4.30. The number of hydrogen-bond acceptors (Lipinski definition) is 7. The SMILES string of the molecule is COc1ccc(OC)c(N2CCN(C(=O)[C@@H]3CN(S(=O)(=O)c4cccc(C)c4)C[C@H]3c3ccccc3)CC2)c1.O=C(O)C(F)(F)F. The van der Waals surface area contributed by atoms with Gasteiger partial charge in [-0.05, 0) is 42.3 Å². The van der Waals surface area contributed by atoms with Crippen molar-refractivity contribution in [2.75, 3.05) is 58.4 Å². The van der Waals surface area contributed by atoms with Crippen LogP contribution in [0.2, 0.25) is 0 Å². The molecular weight excluding hydrogens is 627 g/mol. The van der Waals surface area contributed by atoms with E-state index in [0.717, 1.165) is 28.3 Å². The van der Waals surface area contributed by atoms with Gasteiger partial charge in [0.2, 0.25) is 15.9 Å². The number of piperazine rings is 1. The summed E-state index contributed by atoms with van der Waals surface area (Å²) in [5.74, 6) is -1.92. The lowest BCUT2D eigenvalue weighted by molar-refractivity contribution is -0.192. The van der Waals surface area contributed by atoms with Gasteiger partial charge in [-0.3, -0.25) is 4.79 Å². The van der Waals surface area contributed by atoms with Gasteiger partial charge >= 0.3 is 12.1 Å². The van der Waals surface area contributed by atoms with Crippen LogP contribution in [0.25, 0.3) is 0 Å². The molecule has 2 saturated heterocycles. The zero-order chi connectivity index (χ0) is 33.6. The van der Waals surface area contributed by atoms with Crippen LogP contribution >= 0.6 is 0 Å². The van der Waals surface area contributed by atoms with Crippen LogP contribution < -0.4 is 14.4 Å². The zero-order valence-electron chi connectivity index (χ0n) is 25.6. The molecule has 46 heavy (non-hydrogen) atoms. The number of aryl methyl sites for hydroxylation is 1. The largest absolute Gasteiger partial charge is 0.497 e. The summed E-state index contributed by atoms with van der Waals surface area (Å²) in [5.41, 5.74) is 2.80. The van der Waals surface area contributed by atoms with Gasteiger partial charge in [0.15, 0.2) is 0 Å². The lowest BCUT2D eigenvalue weighted by Crippen LogP contribution is -2.51. The van der Waals surface area contributed by atoms with Crippen molar-refractivity contribution in [1.82, 2.24) is 9.21 Å². The number of carbonyl (C=O) groups excluding carboxylic acids is 1. The van der Waals surface area contributed by atoms with E-state index in [4.69, 9.17) is 19.4 Å². The molecule has 0 unspecified atom stereocenters. The number of ether oxygens (including phenoxy) is 2. The minimum atomic E-state index is -5.08. The Morgan fingerprint density at radius 2 is 1.52 bits per heavy atom. The molecule has 2 aliphatic rings. The Kier molecular flexibility index (Phi) is 10.8. The molecule has 5 rings (SSSR count). The number of sulfonamides is 1. The predicted octanol–water partition coefficient (Wildman–Crippen LogP) is 4.40. The summed E-state index contributed by atoms with van der Waals surface area (Å²) >= 11 is 0. The van der Waals surface area contributed by atoms with E-state index in [1.54, 1.807) is 32.4 Å². The highest BCUT2D eigenvalue weighted by Gasteiger charge is 2.45. The molecule has 0 aromatic heterocycles. The molecule has 1 N–H and O–H groups in total. The molecule has 0 spiro atoms. The van der Waals surface area contributed by atoms with Gasteiger partial charge in [0.1, 0.15) is 11.5 Å². The molecule has 0 radical (unpaired) electrons. The molecule has 0 saturated carbocycles. The second kappa shape index (κ2) is 14.4. The molecule has 3 aromatic carbocycles. The second-order valence-corrected chi connectivity index (χ2v) is 12.9. The van der Waals surface area contributed by atoms with Gasteiger partial charge in [-0.1, -0.05) is 42.5 Å². The van der Waals surface area contributed by atoms with E-state index in [-0.39, 0.29) is 29.8 Å². The second-order valence-electron chi connectivity index (χ2n) is 10.9. The number of benzene rings is 3. The van der Waals surface area contributed by atoms with Crippen LogP contribution in [0.5, 0.6) is 11.5 Å². The van der Waals surface area contributed by atoms with Crippen molar-refractivity contribution in [3.05, 3.63) is 83.9 Å². The van der Waals surface area contributed by atoms with Crippen molar-refractivity contribution < 1.29 is 45.8 Å². The van der Waals surface area contributed by atoms with Gasteiger partial charge in [-0.25, -0.2) is 13.2 Å².